The summed E-state index contributed by atoms with van der Waals surface area (Å²) in [5.41, 5.74) is 8.55. The van der Waals surface area contributed by atoms with E-state index in [1.54, 1.807) is 18.5 Å². The van der Waals surface area contributed by atoms with Crippen LogP contribution in [0.25, 0.3) is 11.3 Å². The number of hydrogen-bond donors (Lipinski definition) is 3. The van der Waals surface area contributed by atoms with E-state index < -0.39 is 0 Å². The minimum Gasteiger partial charge on any atom is -0.376 e. The van der Waals surface area contributed by atoms with Gasteiger partial charge in [0.1, 0.15) is 5.69 Å². The van der Waals surface area contributed by atoms with Crippen LogP contribution in [0.15, 0.2) is 18.5 Å². The van der Waals surface area contributed by atoms with Crippen molar-refractivity contribution in [2.24, 2.45) is 0 Å². The fourth-order valence-electron chi connectivity index (χ4n) is 2.52. The van der Waals surface area contributed by atoms with E-state index in [1.165, 1.54) is 0 Å². The Bertz CT molecular complexity index is 676. The van der Waals surface area contributed by atoms with Gasteiger partial charge >= 0.3 is 0 Å². The number of anilines is 1. The number of aromatic amines is 1. The van der Waals surface area contributed by atoms with Crippen molar-refractivity contribution in [1.82, 2.24) is 20.3 Å². The molecule has 0 spiro atoms. The summed E-state index contributed by atoms with van der Waals surface area (Å²) in [5.74, 6) is 0.0626. The van der Waals surface area contributed by atoms with E-state index >= 15 is 0 Å². The fraction of sp³-hybridized carbons (Fsp3) is 0.400. The van der Waals surface area contributed by atoms with E-state index in [0.29, 0.717) is 12.2 Å². The number of carbonyl (C=O) groups is 1. The van der Waals surface area contributed by atoms with Gasteiger partial charge in [0, 0.05) is 31.1 Å². The number of ether oxygens (including phenoxy) is 1. The molecule has 0 aliphatic carbocycles. The summed E-state index contributed by atoms with van der Waals surface area (Å²) in [5, 5.41) is 2.88. The second kappa shape index (κ2) is 6.15. The zero-order valence-electron chi connectivity index (χ0n) is 12.4. The number of rotatable bonds is 4. The molecule has 1 fully saturated rings. The van der Waals surface area contributed by atoms with E-state index in [2.05, 4.69) is 20.3 Å². The van der Waals surface area contributed by atoms with Gasteiger partial charge in [-0.1, -0.05) is 0 Å². The first-order chi connectivity index (χ1) is 10.6. The summed E-state index contributed by atoms with van der Waals surface area (Å²) in [7, 11) is 0. The van der Waals surface area contributed by atoms with Crippen LogP contribution in [-0.2, 0) is 4.74 Å². The fourth-order valence-corrected chi connectivity index (χ4v) is 2.52. The van der Waals surface area contributed by atoms with Crippen LogP contribution in [0.1, 0.15) is 28.9 Å². The summed E-state index contributed by atoms with van der Waals surface area (Å²) in [6, 6.07) is 1.76. The van der Waals surface area contributed by atoms with Gasteiger partial charge in [0.25, 0.3) is 5.91 Å². The molecule has 7 heteroatoms. The molecule has 0 radical (unpaired) electrons. The molecule has 0 saturated carbocycles. The molecule has 3 rings (SSSR count). The molecule has 0 aromatic carbocycles. The minimum absolute atomic E-state index is 0.127. The van der Waals surface area contributed by atoms with Crippen molar-refractivity contribution in [3.63, 3.8) is 0 Å². The number of hydrogen-bond acceptors (Lipinski definition) is 5. The summed E-state index contributed by atoms with van der Waals surface area (Å²) < 4.78 is 5.49. The minimum atomic E-state index is -0.151. The van der Waals surface area contributed by atoms with Gasteiger partial charge in [-0.2, -0.15) is 0 Å². The molecule has 1 aliphatic rings. The molecule has 0 bridgehead atoms. The molecule has 2 aromatic rings. The Morgan fingerprint density at radius 1 is 1.59 bits per heavy atom. The summed E-state index contributed by atoms with van der Waals surface area (Å²) in [6.07, 6.45) is 5.59. The Balaban J connectivity index is 1.70. The monoisotopic (exact) mass is 301 g/mol. The molecule has 7 nitrogen and oxygen atoms in total. The lowest BCUT2D eigenvalue weighted by Crippen LogP contribution is -2.31. The van der Waals surface area contributed by atoms with Crippen LogP contribution in [-0.4, -0.2) is 40.1 Å². The van der Waals surface area contributed by atoms with Crippen LogP contribution in [0.4, 0.5) is 5.95 Å². The maximum absolute atomic E-state index is 12.1. The molecular formula is C15H19N5O2. The molecule has 22 heavy (non-hydrogen) atoms. The zero-order valence-corrected chi connectivity index (χ0v) is 12.4. The number of nitrogens with two attached hydrogens (primary N) is 1. The van der Waals surface area contributed by atoms with Crippen LogP contribution in [0.2, 0.25) is 0 Å². The Morgan fingerprint density at radius 3 is 3.23 bits per heavy atom. The predicted octanol–water partition coefficient (Wildman–Crippen LogP) is 1.27. The second-order valence-electron chi connectivity index (χ2n) is 5.41. The maximum atomic E-state index is 12.1. The number of nitrogens with zero attached hydrogens (tertiary/aromatic N) is 2. The molecule has 2 aromatic heterocycles. The quantitative estimate of drug-likeness (QED) is 0.788. The molecule has 1 unspecified atom stereocenters. The molecule has 1 saturated heterocycles. The number of H-pyrrole nitrogens is 1. The van der Waals surface area contributed by atoms with Gasteiger partial charge in [-0.05, 0) is 31.4 Å². The largest absolute Gasteiger partial charge is 0.376 e. The van der Waals surface area contributed by atoms with Gasteiger partial charge in [-0.3, -0.25) is 4.79 Å². The third-order valence-electron chi connectivity index (χ3n) is 3.71. The van der Waals surface area contributed by atoms with E-state index in [0.717, 1.165) is 36.3 Å². The molecule has 4 N–H and O–H groups in total. The number of nitrogens with one attached hydrogen (secondary N) is 2. The maximum Gasteiger partial charge on any atom is 0.267 e. The number of nitrogen functional groups attached to an aromatic ring is 1. The number of carbonyl (C=O) groups excluding carboxylic acids is 1. The van der Waals surface area contributed by atoms with Crippen LogP contribution >= 0.6 is 0 Å². The number of aromatic nitrogens is 3. The van der Waals surface area contributed by atoms with Crippen LogP contribution in [0.5, 0.6) is 0 Å². The van der Waals surface area contributed by atoms with Crippen LogP contribution in [0, 0.1) is 6.92 Å². The van der Waals surface area contributed by atoms with Crippen molar-refractivity contribution in [1.29, 1.82) is 0 Å². The van der Waals surface area contributed by atoms with E-state index in [1.807, 2.05) is 6.92 Å². The van der Waals surface area contributed by atoms with E-state index in [-0.39, 0.29) is 18.0 Å². The van der Waals surface area contributed by atoms with Crippen molar-refractivity contribution >= 4 is 11.9 Å². The Labute approximate surface area is 128 Å². The molecule has 1 aliphatic heterocycles. The molecular weight excluding hydrogens is 282 g/mol. The Morgan fingerprint density at radius 2 is 2.45 bits per heavy atom. The highest BCUT2D eigenvalue weighted by atomic mass is 16.5. The standard InChI is InChI=1S/C15H19N5O2/c1-9-6-19-15(16)20-13(9)10-5-12(17-7-10)14(21)18-8-11-3-2-4-22-11/h5-7,11,17H,2-4,8H2,1H3,(H,18,21)(H2,16,19,20). The van der Waals surface area contributed by atoms with Gasteiger partial charge in [-0.15, -0.1) is 0 Å². The first-order valence-corrected chi connectivity index (χ1v) is 7.31. The molecule has 116 valence electrons. The first-order valence-electron chi connectivity index (χ1n) is 7.31. The van der Waals surface area contributed by atoms with Gasteiger partial charge < -0.3 is 20.8 Å². The highest BCUT2D eigenvalue weighted by Gasteiger charge is 2.17. The molecule has 3 heterocycles. The van der Waals surface area contributed by atoms with E-state index in [9.17, 15) is 4.79 Å². The predicted molar refractivity (Wildman–Crippen MR) is 82.3 cm³/mol. The Hall–Kier alpha value is -2.41. The third kappa shape index (κ3) is 3.09. The zero-order chi connectivity index (χ0) is 15.5. The summed E-state index contributed by atoms with van der Waals surface area (Å²) in [4.78, 5) is 23.3. The van der Waals surface area contributed by atoms with Crippen molar-refractivity contribution in [2.45, 2.75) is 25.9 Å². The lowest BCUT2D eigenvalue weighted by atomic mass is 10.1. The Kier molecular flexibility index (Phi) is 4.06. The van der Waals surface area contributed by atoms with Crippen molar-refractivity contribution in [2.75, 3.05) is 18.9 Å². The highest BCUT2D eigenvalue weighted by molar-refractivity contribution is 5.93. The van der Waals surface area contributed by atoms with Gasteiger partial charge in [0.2, 0.25) is 5.95 Å². The smallest absolute Gasteiger partial charge is 0.267 e. The van der Waals surface area contributed by atoms with Crippen LogP contribution in [0.3, 0.4) is 0 Å². The molecule has 1 amide bonds. The first kappa shape index (κ1) is 14.5. The van der Waals surface area contributed by atoms with Crippen LogP contribution < -0.4 is 11.1 Å². The normalized spacial score (nSPS) is 17.6. The lowest BCUT2D eigenvalue weighted by Gasteiger charge is -2.09. The topological polar surface area (TPSA) is 106 Å². The highest BCUT2D eigenvalue weighted by Crippen LogP contribution is 2.22. The van der Waals surface area contributed by atoms with Gasteiger partial charge in [-0.25, -0.2) is 9.97 Å². The third-order valence-corrected chi connectivity index (χ3v) is 3.71. The number of amides is 1. The van der Waals surface area contributed by atoms with Crippen molar-refractivity contribution in [3.8, 4) is 11.3 Å². The second-order valence-corrected chi connectivity index (χ2v) is 5.41. The summed E-state index contributed by atoms with van der Waals surface area (Å²) >= 11 is 0. The number of aryl methyl sites for hydroxylation is 1. The SMILES string of the molecule is Cc1cnc(N)nc1-c1c[nH]c(C(=O)NCC2CCCO2)c1. The van der Waals surface area contributed by atoms with Crippen molar-refractivity contribution < 1.29 is 9.53 Å². The van der Waals surface area contributed by atoms with E-state index in [4.69, 9.17) is 10.5 Å². The summed E-state index contributed by atoms with van der Waals surface area (Å²) in [6.45, 7) is 3.22. The van der Waals surface area contributed by atoms with Gasteiger partial charge in [0.15, 0.2) is 0 Å². The lowest BCUT2D eigenvalue weighted by molar-refractivity contribution is 0.0854. The average Bonchev–Trinajstić information content (AvgIpc) is 3.18. The van der Waals surface area contributed by atoms with Gasteiger partial charge in [0.05, 0.1) is 11.8 Å². The van der Waals surface area contributed by atoms with Crippen molar-refractivity contribution in [3.05, 3.63) is 29.7 Å². The average molecular weight is 301 g/mol. The molecule has 1 atom stereocenters.